The summed E-state index contributed by atoms with van der Waals surface area (Å²) < 4.78 is 25.3. The van der Waals surface area contributed by atoms with Gasteiger partial charge in [0.1, 0.15) is 0 Å². The molecule has 1 atom stereocenters. The molecule has 0 amide bonds. The van der Waals surface area contributed by atoms with Crippen LogP contribution >= 0.6 is 0 Å². The molecule has 0 spiro atoms. The predicted molar refractivity (Wildman–Crippen MR) is 84.3 cm³/mol. The molecule has 5 nitrogen and oxygen atoms in total. The van der Waals surface area contributed by atoms with Crippen LogP contribution in [0, 0.1) is 12.8 Å². The first kappa shape index (κ1) is 14.9. The average molecular weight is 311 g/mol. The molecular formula is C15H25N3O2S. The topological polar surface area (TPSA) is 64.0 Å². The molecule has 1 aliphatic heterocycles. The fourth-order valence-corrected chi connectivity index (χ4v) is 5.41. The van der Waals surface area contributed by atoms with Gasteiger partial charge in [0.15, 0.2) is 9.84 Å². The van der Waals surface area contributed by atoms with Crippen molar-refractivity contribution in [2.75, 3.05) is 23.4 Å². The molecule has 0 radical (unpaired) electrons. The molecule has 3 rings (SSSR count). The lowest BCUT2D eigenvalue weighted by atomic mass is 9.95. The molecule has 0 bridgehead atoms. The maximum absolute atomic E-state index is 11.5. The second-order valence-corrected chi connectivity index (χ2v) is 8.78. The monoisotopic (exact) mass is 311 g/mol. The minimum atomic E-state index is -2.79. The highest BCUT2D eigenvalue weighted by Crippen LogP contribution is 2.31. The summed E-state index contributed by atoms with van der Waals surface area (Å²) in [5.41, 5.74) is 1.03. The number of aromatic nitrogens is 2. The van der Waals surface area contributed by atoms with E-state index in [2.05, 4.69) is 21.1 Å². The number of nitrogens with zero attached hydrogens (tertiary/aromatic N) is 2. The Balaban J connectivity index is 1.65. The number of anilines is 1. The molecule has 2 fully saturated rings. The van der Waals surface area contributed by atoms with Crippen LogP contribution in [0.5, 0.6) is 0 Å². The highest BCUT2D eigenvalue weighted by Gasteiger charge is 2.28. The smallest absolute Gasteiger partial charge is 0.203 e. The highest BCUT2D eigenvalue weighted by molar-refractivity contribution is 7.91. The minimum Gasteiger partial charge on any atom is -0.355 e. The summed E-state index contributed by atoms with van der Waals surface area (Å²) in [6, 6.07) is 0.551. The second-order valence-electron chi connectivity index (χ2n) is 6.55. The van der Waals surface area contributed by atoms with Gasteiger partial charge in [0, 0.05) is 18.8 Å². The van der Waals surface area contributed by atoms with Gasteiger partial charge in [0.05, 0.1) is 17.2 Å². The molecule has 1 aromatic rings. The Hall–Kier alpha value is -1.04. The van der Waals surface area contributed by atoms with E-state index in [0.29, 0.717) is 24.1 Å². The van der Waals surface area contributed by atoms with Crippen LogP contribution in [0.25, 0.3) is 0 Å². The van der Waals surface area contributed by atoms with Crippen molar-refractivity contribution in [1.82, 2.24) is 9.55 Å². The number of hydrogen-bond acceptors (Lipinski definition) is 4. The van der Waals surface area contributed by atoms with Crippen molar-refractivity contribution in [3.05, 3.63) is 11.9 Å². The van der Waals surface area contributed by atoms with E-state index in [1.165, 1.54) is 32.1 Å². The number of imidazole rings is 1. The Labute approximate surface area is 127 Å². The molecule has 1 saturated carbocycles. The van der Waals surface area contributed by atoms with Gasteiger partial charge in [-0.3, -0.25) is 0 Å². The first-order valence-corrected chi connectivity index (χ1v) is 9.85. The normalized spacial score (nSPS) is 26.0. The van der Waals surface area contributed by atoms with Gasteiger partial charge in [-0.25, -0.2) is 13.4 Å². The van der Waals surface area contributed by atoms with Crippen molar-refractivity contribution >= 4 is 15.8 Å². The summed E-state index contributed by atoms with van der Waals surface area (Å²) in [6.45, 7) is 2.73. The summed E-state index contributed by atoms with van der Waals surface area (Å²) in [5, 5.41) is 3.40. The van der Waals surface area contributed by atoms with E-state index in [9.17, 15) is 8.42 Å². The van der Waals surface area contributed by atoms with Crippen LogP contribution < -0.4 is 5.32 Å². The van der Waals surface area contributed by atoms with Crippen LogP contribution in [-0.2, 0) is 9.84 Å². The van der Waals surface area contributed by atoms with Gasteiger partial charge in [-0.1, -0.05) is 19.3 Å². The van der Waals surface area contributed by atoms with Crippen LogP contribution in [0.3, 0.4) is 0 Å². The van der Waals surface area contributed by atoms with Crippen LogP contribution in [0.1, 0.15) is 50.3 Å². The molecule has 1 aromatic heterocycles. The third kappa shape index (κ3) is 3.59. The summed E-state index contributed by atoms with van der Waals surface area (Å²) in [5.74, 6) is 1.81. The fourth-order valence-electron chi connectivity index (χ4n) is 3.55. The number of aryl methyl sites for hydroxylation is 1. The Morgan fingerprint density at radius 1 is 1.29 bits per heavy atom. The van der Waals surface area contributed by atoms with Gasteiger partial charge in [-0.15, -0.1) is 0 Å². The van der Waals surface area contributed by atoms with Gasteiger partial charge < -0.3 is 9.88 Å². The van der Waals surface area contributed by atoms with Crippen LogP contribution in [-0.4, -0.2) is 36.0 Å². The van der Waals surface area contributed by atoms with E-state index < -0.39 is 9.84 Å². The maximum Gasteiger partial charge on any atom is 0.203 e. The molecule has 118 valence electrons. The molecule has 2 heterocycles. The van der Waals surface area contributed by atoms with Crippen molar-refractivity contribution in [3.63, 3.8) is 0 Å². The van der Waals surface area contributed by atoms with E-state index in [1.54, 1.807) is 0 Å². The zero-order valence-electron chi connectivity index (χ0n) is 12.7. The SMILES string of the molecule is Cc1cn(C2CCCCC2)c(NCC2CCS(=O)(=O)C2)n1. The van der Waals surface area contributed by atoms with E-state index in [0.717, 1.165) is 18.1 Å². The number of sulfone groups is 1. The maximum atomic E-state index is 11.5. The Morgan fingerprint density at radius 3 is 2.71 bits per heavy atom. The van der Waals surface area contributed by atoms with Crippen molar-refractivity contribution in [2.24, 2.45) is 5.92 Å². The second kappa shape index (κ2) is 5.99. The first-order valence-electron chi connectivity index (χ1n) is 8.03. The minimum absolute atomic E-state index is 0.229. The molecule has 21 heavy (non-hydrogen) atoms. The van der Waals surface area contributed by atoms with Gasteiger partial charge in [0.2, 0.25) is 5.95 Å². The third-order valence-electron chi connectivity index (χ3n) is 4.70. The molecule has 1 unspecified atom stereocenters. The van der Waals surface area contributed by atoms with Crippen LogP contribution in [0.4, 0.5) is 5.95 Å². The fraction of sp³-hybridized carbons (Fsp3) is 0.800. The molecule has 0 aromatic carbocycles. The number of hydrogen-bond donors (Lipinski definition) is 1. The largest absolute Gasteiger partial charge is 0.355 e. The summed E-state index contributed by atoms with van der Waals surface area (Å²) in [6.07, 6.45) is 9.28. The Bertz CT molecular complexity index is 588. The molecule has 6 heteroatoms. The molecular weight excluding hydrogens is 286 g/mol. The van der Waals surface area contributed by atoms with Crippen molar-refractivity contribution in [3.8, 4) is 0 Å². The summed E-state index contributed by atoms with van der Waals surface area (Å²) in [7, 11) is -2.79. The quantitative estimate of drug-likeness (QED) is 0.928. The Kier molecular flexibility index (Phi) is 4.24. The van der Waals surface area contributed by atoms with Gasteiger partial charge in [-0.2, -0.15) is 0 Å². The van der Waals surface area contributed by atoms with Crippen LogP contribution in [0.15, 0.2) is 6.20 Å². The molecule has 1 N–H and O–H groups in total. The van der Waals surface area contributed by atoms with E-state index in [1.807, 2.05) is 6.92 Å². The molecule has 1 saturated heterocycles. The van der Waals surface area contributed by atoms with Gasteiger partial charge in [-0.05, 0) is 32.1 Å². The van der Waals surface area contributed by atoms with Gasteiger partial charge in [0.25, 0.3) is 0 Å². The summed E-state index contributed by atoms with van der Waals surface area (Å²) >= 11 is 0. The zero-order chi connectivity index (χ0) is 14.9. The lowest BCUT2D eigenvalue weighted by Crippen LogP contribution is -2.20. The summed E-state index contributed by atoms with van der Waals surface area (Å²) in [4.78, 5) is 4.59. The van der Waals surface area contributed by atoms with E-state index >= 15 is 0 Å². The lowest BCUT2D eigenvalue weighted by Gasteiger charge is -2.25. The Morgan fingerprint density at radius 2 is 2.05 bits per heavy atom. The molecule has 2 aliphatic rings. The predicted octanol–water partition coefficient (Wildman–Crippen LogP) is 2.54. The van der Waals surface area contributed by atoms with Gasteiger partial charge >= 0.3 is 0 Å². The van der Waals surface area contributed by atoms with Crippen LogP contribution in [0.2, 0.25) is 0 Å². The number of rotatable bonds is 4. The number of nitrogens with one attached hydrogen (secondary N) is 1. The van der Waals surface area contributed by atoms with E-state index in [4.69, 9.17) is 0 Å². The van der Waals surface area contributed by atoms with Crippen molar-refractivity contribution in [2.45, 2.75) is 51.5 Å². The van der Waals surface area contributed by atoms with Crippen molar-refractivity contribution < 1.29 is 8.42 Å². The third-order valence-corrected chi connectivity index (χ3v) is 6.53. The average Bonchev–Trinajstić information content (AvgIpc) is 3.00. The van der Waals surface area contributed by atoms with E-state index in [-0.39, 0.29) is 5.92 Å². The zero-order valence-corrected chi connectivity index (χ0v) is 13.5. The van der Waals surface area contributed by atoms with Crippen molar-refractivity contribution in [1.29, 1.82) is 0 Å². The standard InChI is InChI=1S/C15H25N3O2S/c1-12-10-18(14-5-3-2-4-6-14)15(17-12)16-9-13-7-8-21(19,20)11-13/h10,13-14H,2-9,11H2,1H3,(H,16,17). The highest BCUT2D eigenvalue weighted by atomic mass is 32.2. The first-order chi connectivity index (χ1) is 10.0. The molecule has 1 aliphatic carbocycles. The lowest BCUT2D eigenvalue weighted by molar-refractivity contribution is 0.355.